The lowest BCUT2D eigenvalue weighted by Gasteiger charge is -2.36. The minimum absolute atomic E-state index is 0.00565. The van der Waals surface area contributed by atoms with Crippen LogP contribution < -0.4 is 70.4 Å². The highest BCUT2D eigenvalue weighted by molar-refractivity contribution is 7.98. The number of thioether (sulfide) groups is 2. The van der Waals surface area contributed by atoms with Crippen molar-refractivity contribution in [3.8, 4) is 11.5 Å². The molecule has 0 radical (unpaired) electrons. The Morgan fingerprint density at radius 1 is 0.541 bits per heavy atom. The van der Waals surface area contributed by atoms with Gasteiger partial charge < -0.3 is 95.8 Å². The monoisotopic (exact) mass is 1580 g/mol. The number of aromatic hydroxyl groups is 2. The zero-order chi connectivity index (χ0) is 82.0. The maximum absolute atomic E-state index is 14.8. The Morgan fingerprint density at radius 3 is 1.59 bits per heavy atom. The maximum Gasteiger partial charge on any atom is 0.303 e. The summed E-state index contributed by atoms with van der Waals surface area (Å²) in [4.78, 5) is 173. The fourth-order valence-electron chi connectivity index (χ4n) is 11.8. The number of phenolic OH excluding ortho intramolecular Hbond substituents is 2. The molecule has 5 aromatic rings. The first kappa shape index (κ1) is 91.8. The van der Waals surface area contributed by atoms with Crippen LogP contribution >= 0.6 is 23.5 Å². The van der Waals surface area contributed by atoms with Crippen LogP contribution in [-0.4, -0.2) is 192 Å². The summed E-state index contributed by atoms with van der Waals surface area (Å²) >= 11 is 3.09. The highest BCUT2D eigenvalue weighted by atomic mass is 32.2. The van der Waals surface area contributed by atoms with Crippen molar-refractivity contribution in [3.63, 3.8) is 0 Å². The molecule has 0 spiro atoms. The lowest BCUT2D eigenvalue weighted by atomic mass is 9.85. The van der Waals surface area contributed by atoms with E-state index in [0.717, 1.165) is 11.1 Å². The second-order valence-electron chi connectivity index (χ2n) is 29.2. The van der Waals surface area contributed by atoms with Crippen molar-refractivity contribution in [2.24, 2.45) is 28.5 Å². The van der Waals surface area contributed by atoms with Crippen LogP contribution in [0, 0.1) is 11.3 Å². The standard InChI is InChI=1S/C78H113N15O16S2/c1-9-56(69(102)83-35-37-111-45-51-17-14-16-50(39-51)44-110-36-31-63(97)92-66(77(5,6)7)75(108)90-60(40-48-21-25-53(95)26-22-48)72(105)86-57(67(81)101)19-10-12-32-79)91-76(109)78(8,46(2)3)93-74(107)61(41-49-23-27-54(96)28-24-49)89-71(104)59(29-30-65(99)100)88-70(103)58(20-11-13-33-80)87-73(106)62(85-64(98)38-47(4)94)42-52-43-84-68-55(52)18-15-34-82-68/h14-18,21-28,34,39,43,46-47,56-62,66,94-96H,9-13,19-20,29-33,35-38,40-42,44-45,79-80H2,1-8H3,(H2,81,101)(H,82,84)(H,83,102)(H,85,98)(H,86,105)(H,87,106)(H,88,103)(H,89,104)(H,90,108)(H,91,109)(H,92,97)(H,93,107)(H,99,100)/t47-,56+,57+,58+,59+,60+,61+,62+,66-,78+/m1/s1. The van der Waals surface area contributed by atoms with Crippen LogP contribution in [0.5, 0.6) is 11.5 Å². The van der Waals surface area contributed by atoms with E-state index < -0.39 is 149 Å². The van der Waals surface area contributed by atoms with Crippen LogP contribution in [0.25, 0.3) is 11.0 Å². The summed E-state index contributed by atoms with van der Waals surface area (Å²) < 4.78 is 0. The van der Waals surface area contributed by atoms with Gasteiger partial charge in [0.1, 0.15) is 71.0 Å². The molecule has 608 valence electrons. The summed E-state index contributed by atoms with van der Waals surface area (Å²) in [6.45, 7) is 14.1. The SMILES string of the molecule is CC[C@H](NC(=O)[C@@](C)(NC(=O)[C@H](Cc1ccc(O)cc1)NC(=O)[C@H](CCC(=O)O)NC(=O)[C@H](CCCCN)NC(=O)[C@H](Cc1c[nH]c2ncccc12)NC(=O)C[C@@H](C)O)C(C)C)C(=O)NCCSCc1cccc(CSCCC(=O)N[C@H](C(=O)N[C@@H](Cc2ccc(O)cc2)C(=O)N[C@@H](CCCCN)C(N)=O)C(C)(C)C)c1. The van der Waals surface area contributed by atoms with E-state index in [1.165, 1.54) is 62.0 Å². The lowest BCUT2D eigenvalue weighted by Crippen LogP contribution is -2.66. The number of nitrogens with zero attached hydrogens (tertiary/aromatic N) is 1. The molecule has 10 atom stereocenters. The maximum atomic E-state index is 14.8. The van der Waals surface area contributed by atoms with Crippen molar-refractivity contribution in [2.45, 2.75) is 217 Å². The van der Waals surface area contributed by atoms with Crippen LogP contribution in [0.1, 0.15) is 154 Å². The molecule has 5 rings (SSSR count). The number of nitrogens with two attached hydrogens (primary N) is 3. The molecule has 11 amide bonds. The third-order valence-corrected chi connectivity index (χ3v) is 20.7. The molecule has 2 aromatic heterocycles. The van der Waals surface area contributed by atoms with Crippen molar-refractivity contribution in [1.29, 1.82) is 0 Å². The molecule has 0 aliphatic rings. The number of benzene rings is 3. The number of phenols is 2. The van der Waals surface area contributed by atoms with E-state index in [2.05, 4.69) is 69.2 Å². The number of aliphatic hydroxyl groups excluding tert-OH is 1. The summed E-state index contributed by atoms with van der Waals surface area (Å²) in [5.41, 5.74) is 18.7. The number of primary amides is 1. The third-order valence-electron chi connectivity index (χ3n) is 18.6. The molecule has 111 heavy (non-hydrogen) atoms. The molecule has 0 bridgehead atoms. The van der Waals surface area contributed by atoms with E-state index in [-0.39, 0.29) is 81.9 Å². The minimum Gasteiger partial charge on any atom is -0.508 e. The molecule has 0 fully saturated rings. The first-order chi connectivity index (χ1) is 52.6. The molecule has 2 heterocycles. The number of hydrogen-bond donors (Lipinski definition) is 18. The fraction of sp³-hybridized carbons (Fsp3) is 0.526. The Labute approximate surface area is 656 Å². The van der Waals surface area contributed by atoms with Crippen molar-refractivity contribution < 1.29 is 78.0 Å². The second kappa shape index (κ2) is 46.1. The number of carbonyl (C=O) groups excluding carboxylic acids is 11. The first-order valence-corrected chi connectivity index (χ1v) is 39.8. The van der Waals surface area contributed by atoms with Crippen molar-refractivity contribution in [2.75, 3.05) is 31.1 Å². The van der Waals surface area contributed by atoms with Crippen LogP contribution in [0.15, 0.2) is 97.3 Å². The number of carboxylic acids is 1. The third kappa shape index (κ3) is 31.5. The van der Waals surface area contributed by atoms with Gasteiger partial charge in [0, 0.05) is 79.4 Å². The minimum atomic E-state index is -1.74. The number of nitrogens with one attached hydrogen (secondary N) is 11. The Balaban J connectivity index is 1.18. The number of amides is 11. The average molecular weight is 1580 g/mol. The number of rotatable bonds is 49. The summed E-state index contributed by atoms with van der Waals surface area (Å²) in [5, 5.41) is 67.9. The first-order valence-electron chi connectivity index (χ1n) is 37.5. The quantitative estimate of drug-likeness (QED) is 0.0249. The van der Waals surface area contributed by atoms with E-state index in [1.54, 1.807) is 90.0 Å². The summed E-state index contributed by atoms with van der Waals surface area (Å²) in [6.07, 6.45) is 2.72. The molecule has 33 heteroatoms. The fourth-order valence-corrected chi connectivity index (χ4v) is 13.5. The zero-order valence-corrected chi connectivity index (χ0v) is 66.2. The van der Waals surface area contributed by atoms with Gasteiger partial charge in [-0.25, -0.2) is 4.98 Å². The molecule has 0 saturated carbocycles. The highest BCUT2D eigenvalue weighted by Gasteiger charge is 2.43. The number of H-pyrrole nitrogens is 1. The van der Waals surface area contributed by atoms with Gasteiger partial charge in [0.2, 0.25) is 65.0 Å². The summed E-state index contributed by atoms with van der Waals surface area (Å²) in [5.74, 6) is -7.78. The van der Waals surface area contributed by atoms with E-state index in [1.807, 2.05) is 18.2 Å². The molecule has 0 saturated heterocycles. The number of carbonyl (C=O) groups is 12. The van der Waals surface area contributed by atoms with Gasteiger partial charge in [0.05, 0.1) is 12.5 Å². The number of unbranched alkanes of at least 4 members (excludes halogenated alkanes) is 2. The summed E-state index contributed by atoms with van der Waals surface area (Å²) in [7, 11) is 0. The Kier molecular flexibility index (Phi) is 38.1. The zero-order valence-electron chi connectivity index (χ0n) is 64.5. The second-order valence-corrected chi connectivity index (χ2v) is 31.4. The van der Waals surface area contributed by atoms with Gasteiger partial charge >= 0.3 is 5.97 Å². The number of carboxylic acid groups (broad SMARTS) is 1. The molecule has 0 unspecified atom stereocenters. The molecule has 0 aliphatic carbocycles. The normalized spacial score (nSPS) is 14.4. The number of aromatic amines is 1. The van der Waals surface area contributed by atoms with E-state index >= 15 is 0 Å². The number of pyridine rings is 1. The Bertz CT molecular complexity index is 3910. The van der Waals surface area contributed by atoms with Crippen molar-refractivity contribution in [1.82, 2.24) is 63.1 Å². The Morgan fingerprint density at radius 2 is 1.05 bits per heavy atom. The van der Waals surface area contributed by atoms with Gasteiger partial charge in [-0.1, -0.05) is 90.1 Å². The number of aliphatic carboxylic acids is 1. The molecule has 0 aliphatic heterocycles. The van der Waals surface area contributed by atoms with E-state index in [0.29, 0.717) is 83.0 Å². The molecule has 3 aromatic carbocycles. The topological polar surface area (TPSA) is 513 Å². The number of aromatic nitrogens is 2. The van der Waals surface area contributed by atoms with Gasteiger partial charge in [0.15, 0.2) is 0 Å². The number of aliphatic hydroxyl groups is 1. The van der Waals surface area contributed by atoms with Gasteiger partial charge in [-0.3, -0.25) is 57.5 Å². The Hall–Kier alpha value is -9.83. The van der Waals surface area contributed by atoms with E-state index in [4.69, 9.17) is 17.2 Å². The lowest BCUT2D eigenvalue weighted by molar-refractivity contribution is -0.139. The predicted molar refractivity (Wildman–Crippen MR) is 425 cm³/mol. The molecular weight excluding hydrogens is 1470 g/mol. The van der Waals surface area contributed by atoms with Crippen LogP contribution in [-0.2, 0) is 88.3 Å². The number of hydrogen-bond acceptors (Lipinski definition) is 20. The van der Waals surface area contributed by atoms with Crippen LogP contribution in [0.3, 0.4) is 0 Å². The average Bonchev–Trinajstić information content (AvgIpc) is 1.81. The van der Waals surface area contributed by atoms with Gasteiger partial charge in [0.25, 0.3) is 0 Å². The van der Waals surface area contributed by atoms with Crippen molar-refractivity contribution >= 4 is 106 Å². The van der Waals surface area contributed by atoms with Gasteiger partial charge in [-0.05, 0) is 154 Å². The number of fused-ring (bicyclic) bond motifs is 1. The molecule has 31 nitrogen and oxygen atoms in total. The van der Waals surface area contributed by atoms with Crippen LogP contribution in [0.4, 0.5) is 0 Å². The van der Waals surface area contributed by atoms with Gasteiger partial charge in [-0.2, -0.15) is 23.5 Å². The highest BCUT2D eigenvalue weighted by Crippen LogP contribution is 2.25. The van der Waals surface area contributed by atoms with Crippen molar-refractivity contribution in [3.05, 3.63) is 125 Å². The molecule has 21 N–H and O–H groups in total. The van der Waals surface area contributed by atoms with Crippen LogP contribution in [0.2, 0.25) is 0 Å². The largest absolute Gasteiger partial charge is 0.508 e. The van der Waals surface area contributed by atoms with Gasteiger partial charge in [-0.15, -0.1) is 0 Å². The summed E-state index contributed by atoms with van der Waals surface area (Å²) in [6, 6.07) is 13.1. The molecular formula is C78H113N15O16S2. The van der Waals surface area contributed by atoms with E-state index in [9.17, 15) is 78.0 Å². The smallest absolute Gasteiger partial charge is 0.303 e. The predicted octanol–water partition coefficient (Wildman–Crippen LogP) is 2.92.